The van der Waals surface area contributed by atoms with E-state index in [-0.39, 0.29) is 65.4 Å². The molecular weight excluding hydrogens is 350 g/mol. The molecule has 90 valence electrons. The van der Waals surface area contributed by atoms with Crippen LogP contribution in [0.3, 0.4) is 0 Å². The monoisotopic (exact) mass is 374 g/mol. The summed E-state index contributed by atoms with van der Waals surface area (Å²) in [4.78, 5) is 7.75. The van der Waals surface area contributed by atoms with Gasteiger partial charge in [-0.2, -0.15) is 6.92 Å². The van der Waals surface area contributed by atoms with E-state index in [1.807, 2.05) is 0 Å². The molecule has 3 rings (SSSR count). The molecule has 16 heavy (non-hydrogen) atoms. The van der Waals surface area contributed by atoms with Crippen LogP contribution in [0.15, 0.2) is 0 Å². The van der Waals surface area contributed by atoms with Gasteiger partial charge in [-0.1, -0.05) is 20.8 Å². The summed E-state index contributed by atoms with van der Waals surface area (Å²) in [6, 6.07) is 0. The summed E-state index contributed by atoms with van der Waals surface area (Å²) in [6.45, 7) is 15.6. The van der Waals surface area contributed by atoms with Gasteiger partial charge in [0.05, 0.1) is 0 Å². The second-order valence-electron chi connectivity index (χ2n) is 5.03. The van der Waals surface area contributed by atoms with Crippen LogP contribution < -0.4 is 0 Å². The summed E-state index contributed by atoms with van der Waals surface area (Å²) in [5.74, 6) is 3.17. The van der Waals surface area contributed by atoms with Gasteiger partial charge in [-0.15, -0.1) is 0 Å². The van der Waals surface area contributed by atoms with Crippen molar-refractivity contribution in [3.05, 3.63) is 6.92 Å². The standard InChI is InChI=1S/C10H18.C2H5.CHO.2Y/c1-7-4-8-6-9(5-7)10(8,2)3;2*1-2;;/h7-9H,4-6H2,1-3H3;1H2,2H3;1H;;/q;2*-1;;. The number of carbonyl (C=O) groups excluding carboxylic acids is 1. The Bertz CT molecular complexity index is 157. The molecule has 1 nitrogen and oxygen atoms in total. The first-order valence-corrected chi connectivity index (χ1v) is 5.55. The summed E-state index contributed by atoms with van der Waals surface area (Å²) in [6.07, 6.45) is 4.55. The average molecular weight is 374 g/mol. The number of fused-ring (bicyclic) bond motifs is 2. The Hall–Kier alpha value is 1.88. The average Bonchev–Trinajstić information content (AvgIpc) is 2.23. The molecular formula is C13H24OY2-2. The Morgan fingerprint density at radius 2 is 1.31 bits per heavy atom. The van der Waals surface area contributed by atoms with Crippen LogP contribution in [0.25, 0.3) is 0 Å². The molecule has 2 bridgehead atoms. The Kier molecular flexibility index (Phi) is 15.5. The van der Waals surface area contributed by atoms with Crippen LogP contribution in [0.4, 0.5) is 0 Å². The van der Waals surface area contributed by atoms with Gasteiger partial charge in [0.15, 0.2) is 0 Å². The second-order valence-corrected chi connectivity index (χ2v) is 5.03. The van der Waals surface area contributed by atoms with Crippen molar-refractivity contribution in [3.8, 4) is 0 Å². The van der Waals surface area contributed by atoms with E-state index < -0.39 is 0 Å². The first-order chi connectivity index (χ1) is 6.60. The number of hydrogen-bond donors (Lipinski definition) is 0. The molecule has 0 spiro atoms. The smallest absolute Gasteiger partial charge is 0 e. The normalized spacial score (nSPS) is 31.9. The van der Waals surface area contributed by atoms with E-state index in [0.717, 1.165) is 17.8 Å². The number of rotatable bonds is 0. The van der Waals surface area contributed by atoms with Crippen molar-refractivity contribution in [2.45, 2.75) is 47.0 Å². The van der Waals surface area contributed by atoms with Gasteiger partial charge in [-0.3, -0.25) is 6.79 Å². The molecule has 3 aliphatic carbocycles. The molecule has 0 heterocycles. The third-order valence-electron chi connectivity index (χ3n) is 4.05. The van der Waals surface area contributed by atoms with Crippen molar-refractivity contribution in [2.75, 3.05) is 0 Å². The van der Waals surface area contributed by atoms with E-state index in [9.17, 15) is 0 Å². The zero-order chi connectivity index (χ0) is 11.4. The first-order valence-electron chi connectivity index (χ1n) is 5.55. The van der Waals surface area contributed by atoms with E-state index in [1.165, 1.54) is 19.3 Å². The van der Waals surface area contributed by atoms with E-state index >= 15 is 0 Å². The molecule has 0 aliphatic heterocycles. The molecule has 0 aromatic heterocycles. The van der Waals surface area contributed by atoms with Gasteiger partial charge in [0.1, 0.15) is 0 Å². The van der Waals surface area contributed by atoms with Crippen LogP contribution in [0.5, 0.6) is 0 Å². The predicted molar refractivity (Wildman–Crippen MR) is 61.6 cm³/mol. The molecule has 2 unspecified atom stereocenters. The SMILES string of the molecule is CC1CC2CC(C1)C2(C)C.[CH-]=O.[CH2-]C.[Y].[Y]. The maximum atomic E-state index is 7.75. The summed E-state index contributed by atoms with van der Waals surface area (Å²) < 4.78 is 0. The van der Waals surface area contributed by atoms with Gasteiger partial charge in [0, 0.05) is 65.4 Å². The van der Waals surface area contributed by atoms with Crippen molar-refractivity contribution in [3.63, 3.8) is 0 Å². The van der Waals surface area contributed by atoms with E-state index in [0.29, 0.717) is 5.41 Å². The molecule has 0 aromatic carbocycles. The van der Waals surface area contributed by atoms with Crippen molar-refractivity contribution in [2.24, 2.45) is 23.2 Å². The van der Waals surface area contributed by atoms with Gasteiger partial charge < -0.3 is 11.7 Å². The fourth-order valence-corrected chi connectivity index (χ4v) is 2.99. The molecule has 2 radical (unpaired) electrons. The van der Waals surface area contributed by atoms with Gasteiger partial charge in [0.25, 0.3) is 0 Å². The van der Waals surface area contributed by atoms with Crippen LogP contribution in [-0.4, -0.2) is 6.79 Å². The predicted octanol–water partition coefficient (Wildman–Crippen LogP) is 3.64. The van der Waals surface area contributed by atoms with E-state index in [4.69, 9.17) is 4.79 Å². The minimum Gasteiger partial charge on any atom is -0.545 e. The van der Waals surface area contributed by atoms with Crippen molar-refractivity contribution in [1.29, 1.82) is 0 Å². The zero-order valence-electron chi connectivity index (χ0n) is 11.2. The first kappa shape index (κ1) is 23.0. The van der Waals surface area contributed by atoms with Crippen LogP contribution in [-0.2, 0) is 70.2 Å². The third-order valence-corrected chi connectivity index (χ3v) is 4.05. The summed E-state index contributed by atoms with van der Waals surface area (Å²) >= 11 is 0. The Balaban J connectivity index is -0.000000257. The number of hydrogen-bond acceptors (Lipinski definition) is 1. The summed E-state index contributed by atoms with van der Waals surface area (Å²) in [5.41, 5.74) is 0.715. The molecule has 3 heteroatoms. The fraction of sp³-hybridized carbons (Fsp3) is 0.846. The van der Waals surface area contributed by atoms with E-state index in [1.54, 1.807) is 6.92 Å². The molecule has 0 aromatic rings. The molecule has 0 amide bonds. The maximum Gasteiger partial charge on any atom is 0 e. The summed E-state index contributed by atoms with van der Waals surface area (Å²) in [5, 5.41) is 0. The van der Waals surface area contributed by atoms with Crippen LogP contribution in [0.1, 0.15) is 47.0 Å². The Morgan fingerprint density at radius 3 is 1.50 bits per heavy atom. The van der Waals surface area contributed by atoms with Crippen molar-refractivity contribution < 1.29 is 70.2 Å². The van der Waals surface area contributed by atoms with Crippen LogP contribution in [0.2, 0.25) is 0 Å². The minimum absolute atomic E-state index is 0. The topological polar surface area (TPSA) is 17.1 Å². The second kappa shape index (κ2) is 10.8. The van der Waals surface area contributed by atoms with Crippen molar-refractivity contribution in [1.82, 2.24) is 0 Å². The third kappa shape index (κ3) is 5.25. The molecule has 0 N–H and O–H groups in total. The van der Waals surface area contributed by atoms with Gasteiger partial charge >= 0.3 is 0 Å². The summed E-state index contributed by atoms with van der Waals surface area (Å²) in [7, 11) is 0. The Labute approximate surface area is 152 Å². The zero-order valence-corrected chi connectivity index (χ0v) is 16.9. The molecule has 2 atom stereocenters. The van der Waals surface area contributed by atoms with Gasteiger partial charge in [0.2, 0.25) is 0 Å². The molecule has 3 fully saturated rings. The largest absolute Gasteiger partial charge is 0.545 e. The maximum absolute atomic E-state index is 7.75. The van der Waals surface area contributed by atoms with Gasteiger partial charge in [-0.25, -0.2) is 0 Å². The van der Waals surface area contributed by atoms with E-state index in [2.05, 4.69) is 34.5 Å². The fourth-order valence-electron chi connectivity index (χ4n) is 2.99. The quantitative estimate of drug-likeness (QED) is 0.468. The van der Waals surface area contributed by atoms with Gasteiger partial charge in [-0.05, 0) is 42.4 Å². The minimum atomic E-state index is 0. The molecule has 3 saturated carbocycles. The van der Waals surface area contributed by atoms with Crippen LogP contribution in [0, 0.1) is 30.1 Å². The molecule has 3 aliphatic rings. The van der Waals surface area contributed by atoms with Crippen LogP contribution >= 0.6 is 0 Å². The van der Waals surface area contributed by atoms with Crippen molar-refractivity contribution >= 4 is 6.79 Å². The Morgan fingerprint density at radius 1 is 1.00 bits per heavy atom. The molecule has 0 saturated heterocycles.